The van der Waals surface area contributed by atoms with Crippen molar-refractivity contribution in [3.05, 3.63) is 23.8 Å². The number of carbonyl (C=O) groups is 1. The number of esters is 1. The van der Waals surface area contributed by atoms with Crippen LogP contribution in [0.5, 0.6) is 11.5 Å². The molecule has 0 aliphatic rings. The molecule has 7 heteroatoms. The lowest BCUT2D eigenvalue weighted by molar-refractivity contribution is -0.275. The van der Waals surface area contributed by atoms with Crippen molar-refractivity contribution in [3.8, 4) is 11.5 Å². The Bertz CT molecular complexity index is 443. The lowest BCUT2D eigenvalue weighted by Crippen LogP contribution is -2.18. The average molecular weight is 278 g/mol. The van der Waals surface area contributed by atoms with Crippen molar-refractivity contribution in [3.63, 3.8) is 0 Å². The number of carbonyl (C=O) groups excluding carboxylic acids is 1. The van der Waals surface area contributed by atoms with E-state index in [1.807, 2.05) is 0 Å². The molecule has 0 radical (unpaired) electrons. The SMILES string of the molecule is CCOC(=O)c1cccc(OC(F)(F)F)c1OCC. The zero-order valence-electron chi connectivity index (χ0n) is 10.4. The first-order chi connectivity index (χ1) is 8.89. The molecule has 1 rings (SSSR count). The maximum atomic E-state index is 12.2. The van der Waals surface area contributed by atoms with Gasteiger partial charge in [0.25, 0.3) is 0 Å². The van der Waals surface area contributed by atoms with Gasteiger partial charge in [0, 0.05) is 0 Å². The summed E-state index contributed by atoms with van der Waals surface area (Å²) in [6.07, 6.45) is -4.86. The molecule has 0 atom stereocenters. The summed E-state index contributed by atoms with van der Waals surface area (Å²) in [4.78, 5) is 11.6. The van der Waals surface area contributed by atoms with E-state index in [2.05, 4.69) is 4.74 Å². The Morgan fingerprint density at radius 2 is 1.89 bits per heavy atom. The van der Waals surface area contributed by atoms with E-state index >= 15 is 0 Å². The minimum Gasteiger partial charge on any atom is -0.489 e. The molecule has 0 saturated heterocycles. The second-order valence-electron chi connectivity index (χ2n) is 3.33. The minimum atomic E-state index is -4.86. The predicted octanol–water partition coefficient (Wildman–Crippen LogP) is 3.16. The summed E-state index contributed by atoms with van der Waals surface area (Å²) in [6.45, 7) is 3.37. The highest BCUT2D eigenvalue weighted by Gasteiger charge is 2.33. The van der Waals surface area contributed by atoms with Gasteiger partial charge >= 0.3 is 12.3 Å². The molecule has 0 amide bonds. The Balaban J connectivity index is 3.17. The van der Waals surface area contributed by atoms with Crippen molar-refractivity contribution in [1.29, 1.82) is 0 Å². The van der Waals surface area contributed by atoms with Crippen LogP contribution >= 0.6 is 0 Å². The fourth-order valence-electron chi connectivity index (χ4n) is 1.38. The average Bonchev–Trinajstić information content (AvgIpc) is 2.30. The Morgan fingerprint density at radius 3 is 2.42 bits per heavy atom. The van der Waals surface area contributed by atoms with Gasteiger partial charge in [-0.25, -0.2) is 4.79 Å². The van der Waals surface area contributed by atoms with Gasteiger partial charge in [-0.15, -0.1) is 13.2 Å². The molecule has 0 aliphatic heterocycles. The predicted molar refractivity (Wildman–Crippen MR) is 60.3 cm³/mol. The van der Waals surface area contributed by atoms with Gasteiger partial charge in [-0.2, -0.15) is 0 Å². The number of rotatable bonds is 5. The lowest BCUT2D eigenvalue weighted by atomic mass is 10.2. The Labute approximate surface area is 108 Å². The largest absolute Gasteiger partial charge is 0.573 e. The summed E-state index contributed by atoms with van der Waals surface area (Å²) in [6, 6.07) is 3.64. The number of hydrogen-bond donors (Lipinski definition) is 0. The molecule has 0 aliphatic carbocycles. The zero-order chi connectivity index (χ0) is 14.5. The Hall–Kier alpha value is -1.92. The molecule has 0 spiro atoms. The van der Waals surface area contributed by atoms with Crippen molar-refractivity contribution in [2.24, 2.45) is 0 Å². The molecule has 106 valence electrons. The van der Waals surface area contributed by atoms with E-state index in [1.54, 1.807) is 13.8 Å². The highest BCUT2D eigenvalue weighted by atomic mass is 19.4. The topological polar surface area (TPSA) is 44.8 Å². The maximum Gasteiger partial charge on any atom is 0.573 e. The van der Waals surface area contributed by atoms with Crippen LogP contribution in [-0.2, 0) is 4.74 Å². The quantitative estimate of drug-likeness (QED) is 0.776. The molecule has 1 aromatic rings. The zero-order valence-corrected chi connectivity index (χ0v) is 10.4. The van der Waals surface area contributed by atoms with Gasteiger partial charge in [0.05, 0.1) is 13.2 Å². The second kappa shape index (κ2) is 6.31. The molecule has 0 heterocycles. The fraction of sp³-hybridized carbons (Fsp3) is 0.417. The molecule has 0 N–H and O–H groups in total. The van der Waals surface area contributed by atoms with Crippen LogP contribution in [0.4, 0.5) is 13.2 Å². The van der Waals surface area contributed by atoms with Gasteiger partial charge in [-0.05, 0) is 26.0 Å². The summed E-state index contributed by atoms with van der Waals surface area (Å²) in [7, 11) is 0. The van der Waals surface area contributed by atoms with Crippen LogP contribution < -0.4 is 9.47 Å². The number of alkyl halides is 3. The van der Waals surface area contributed by atoms with E-state index in [9.17, 15) is 18.0 Å². The lowest BCUT2D eigenvalue weighted by Gasteiger charge is -2.15. The monoisotopic (exact) mass is 278 g/mol. The van der Waals surface area contributed by atoms with E-state index in [0.717, 1.165) is 6.07 Å². The van der Waals surface area contributed by atoms with Crippen LogP contribution in [0.15, 0.2) is 18.2 Å². The van der Waals surface area contributed by atoms with Crippen LogP contribution in [0.25, 0.3) is 0 Å². The van der Waals surface area contributed by atoms with Gasteiger partial charge in [0.2, 0.25) is 0 Å². The molecule has 0 bridgehead atoms. The van der Waals surface area contributed by atoms with Crippen LogP contribution in [0.2, 0.25) is 0 Å². The maximum absolute atomic E-state index is 12.2. The third kappa shape index (κ3) is 4.35. The smallest absolute Gasteiger partial charge is 0.489 e. The van der Waals surface area contributed by atoms with Crippen LogP contribution in [0.1, 0.15) is 24.2 Å². The normalized spacial score (nSPS) is 11.0. The molecular formula is C12H13F3O4. The third-order valence-corrected chi connectivity index (χ3v) is 1.99. The first-order valence-electron chi connectivity index (χ1n) is 5.57. The molecule has 19 heavy (non-hydrogen) atoms. The molecule has 0 aromatic heterocycles. The first-order valence-corrected chi connectivity index (χ1v) is 5.57. The van der Waals surface area contributed by atoms with E-state index < -0.39 is 18.1 Å². The molecule has 0 saturated carbocycles. The molecule has 1 aromatic carbocycles. The molecule has 4 nitrogen and oxygen atoms in total. The van der Waals surface area contributed by atoms with E-state index in [0.29, 0.717) is 0 Å². The number of hydrogen-bond acceptors (Lipinski definition) is 4. The number of benzene rings is 1. The van der Waals surface area contributed by atoms with E-state index in [-0.39, 0.29) is 24.5 Å². The highest BCUT2D eigenvalue weighted by Crippen LogP contribution is 2.35. The van der Waals surface area contributed by atoms with Gasteiger partial charge in [0.1, 0.15) is 5.56 Å². The highest BCUT2D eigenvalue weighted by molar-refractivity contribution is 5.93. The van der Waals surface area contributed by atoms with Crippen molar-refractivity contribution in [1.82, 2.24) is 0 Å². The van der Waals surface area contributed by atoms with Crippen LogP contribution in [0, 0.1) is 0 Å². The van der Waals surface area contributed by atoms with Crippen molar-refractivity contribution < 1.29 is 32.2 Å². The summed E-state index contributed by atoms with van der Waals surface area (Å²) < 4.78 is 50.4. The standard InChI is InChI=1S/C12H13F3O4/c1-3-17-10-8(11(16)18-4-2)6-5-7-9(10)19-12(13,14)15/h5-7H,3-4H2,1-2H3. The summed E-state index contributed by atoms with van der Waals surface area (Å²) in [5.74, 6) is -1.61. The van der Waals surface area contributed by atoms with Gasteiger partial charge in [0.15, 0.2) is 11.5 Å². The van der Waals surface area contributed by atoms with Gasteiger partial charge in [-0.1, -0.05) is 6.07 Å². The Morgan fingerprint density at radius 1 is 1.21 bits per heavy atom. The van der Waals surface area contributed by atoms with E-state index in [1.165, 1.54) is 12.1 Å². The fourth-order valence-corrected chi connectivity index (χ4v) is 1.38. The van der Waals surface area contributed by atoms with Crippen LogP contribution in [0.3, 0.4) is 0 Å². The van der Waals surface area contributed by atoms with Crippen molar-refractivity contribution in [2.75, 3.05) is 13.2 Å². The number of halogens is 3. The molecule has 0 fully saturated rings. The minimum absolute atomic E-state index is 0.0879. The summed E-state index contributed by atoms with van der Waals surface area (Å²) in [5, 5.41) is 0. The van der Waals surface area contributed by atoms with Gasteiger partial charge in [-0.3, -0.25) is 0 Å². The van der Waals surface area contributed by atoms with Gasteiger partial charge < -0.3 is 14.2 Å². The third-order valence-electron chi connectivity index (χ3n) is 1.99. The Kier molecular flexibility index (Phi) is 5.02. The number of ether oxygens (including phenoxy) is 3. The van der Waals surface area contributed by atoms with E-state index in [4.69, 9.17) is 9.47 Å². The second-order valence-corrected chi connectivity index (χ2v) is 3.33. The summed E-state index contributed by atoms with van der Waals surface area (Å²) >= 11 is 0. The first kappa shape index (κ1) is 15.1. The summed E-state index contributed by atoms with van der Waals surface area (Å²) in [5.41, 5.74) is -0.106. The number of para-hydroxylation sites is 1. The van der Waals surface area contributed by atoms with Crippen molar-refractivity contribution >= 4 is 5.97 Å². The molecular weight excluding hydrogens is 265 g/mol. The van der Waals surface area contributed by atoms with Crippen molar-refractivity contribution in [2.45, 2.75) is 20.2 Å². The molecule has 0 unspecified atom stereocenters. The van der Waals surface area contributed by atoms with Crippen LogP contribution in [-0.4, -0.2) is 25.5 Å².